The average Bonchev–Trinajstić information content (AvgIpc) is 1.88. The maximum atomic E-state index is 11.1. The molecular weight excluding hydrogens is 167 g/mol. The lowest BCUT2D eigenvalue weighted by molar-refractivity contribution is -0.108. The van der Waals surface area contributed by atoms with E-state index in [0.717, 1.165) is 11.9 Å². The van der Waals surface area contributed by atoms with Crippen molar-refractivity contribution < 1.29 is 14.2 Å². The van der Waals surface area contributed by atoms with Crippen molar-refractivity contribution in [3.8, 4) is 0 Å². The molecule has 0 bridgehead atoms. The van der Waals surface area contributed by atoms with E-state index >= 15 is 0 Å². The minimum Gasteiger partial charge on any atom is -0.288 e. The molecule has 11 heavy (non-hydrogen) atoms. The number of amides is 1. The predicted molar refractivity (Wildman–Crippen MR) is 38.6 cm³/mol. The van der Waals surface area contributed by atoms with E-state index in [0.29, 0.717) is 0 Å². The molecule has 0 aliphatic carbocycles. The summed E-state index contributed by atoms with van der Waals surface area (Å²) in [7, 11) is -3.43. The van der Waals surface area contributed by atoms with E-state index in [4.69, 9.17) is 0 Å². The van der Waals surface area contributed by atoms with Gasteiger partial charge in [0.05, 0.1) is 5.82 Å². The fourth-order valence-electron chi connectivity index (χ4n) is 0.355. The van der Waals surface area contributed by atoms with Gasteiger partial charge in [0.25, 0.3) is 0 Å². The number of hydrogen-bond acceptors (Lipinski definition) is 3. The first-order valence-electron chi connectivity index (χ1n) is 2.46. The molecule has 1 unspecified atom stereocenters. The van der Waals surface area contributed by atoms with Crippen molar-refractivity contribution in [3.63, 3.8) is 0 Å². The maximum absolute atomic E-state index is 11.1. The third-order valence-electron chi connectivity index (χ3n) is 0.693. The molecule has 0 spiro atoms. The van der Waals surface area contributed by atoms with Crippen LogP contribution in [-0.2, 0) is 14.2 Å². The van der Waals surface area contributed by atoms with Crippen LogP contribution in [0.5, 0.6) is 0 Å². The first kappa shape index (κ1) is 9.60. The molecule has 0 aromatic rings. The van der Waals surface area contributed by atoms with Crippen LogP contribution in [0.4, 0.5) is 0 Å². The van der Waals surface area contributed by atoms with Crippen molar-refractivity contribution in [3.05, 3.63) is 18.1 Å². The number of nitrogens with one attached hydrogen (secondary N) is 1. The number of carbonyl (C=O) groups is 1. The van der Waals surface area contributed by atoms with Crippen LogP contribution in [0.25, 0.3) is 0 Å². The van der Waals surface area contributed by atoms with E-state index in [1.54, 1.807) is 0 Å². The molecule has 0 saturated heterocycles. The molecule has 0 aliphatic heterocycles. The van der Waals surface area contributed by atoms with Crippen LogP contribution in [0.3, 0.4) is 0 Å². The number of isocyanates is 1. The van der Waals surface area contributed by atoms with Crippen LogP contribution in [0.1, 0.15) is 0 Å². The second-order valence-corrected chi connectivity index (χ2v) is 3.36. The van der Waals surface area contributed by atoms with Crippen LogP contribution in [-0.4, -0.2) is 12.5 Å². The lowest BCUT2D eigenvalue weighted by Gasteiger charge is -2.00. The third-order valence-corrected chi connectivity index (χ3v) is 2.08. The number of nitrogens with zero attached hydrogens (tertiary/aromatic N) is 1. The zero-order valence-corrected chi connectivity index (χ0v) is 6.38. The van der Waals surface area contributed by atoms with Crippen molar-refractivity contribution in [2.75, 3.05) is 0 Å². The highest BCUT2D eigenvalue weighted by molar-refractivity contribution is 7.64. The van der Waals surface area contributed by atoms with E-state index in [1.807, 2.05) is 5.09 Å². The van der Waals surface area contributed by atoms with Gasteiger partial charge in [-0.3, -0.25) is 14.4 Å². The number of hydrogen-bond donors (Lipinski definition) is 1. The van der Waals surface area contributed by atoms with Crippen LogP contribution in [0.15, 0.2) is 22.9 Å². The van der Waals surface area contributed by atoms with Crippen molar-refractivity contribution in [2.24, 2.45) is 4.76 Å². The molecule has 0 rings (SSSR count). The monoisotopic (exact) mass is 172 g/mol. The molecule has 0 aromatic heterocycles. The van der Waals surface area contributed by atoms with Gasteiger partial charge < -0.3 is 0 Å². The fourth-order valence-corrected chi connectivity index (χ4v) is 1.06. The van der Waals surface area contributed by atoms with Crippen LogP contribution < -0.4 is 5.09 Å². The number of carbonyl (C=O) groups excluding carboxylic acids is 2. The van der Waals surface area contributed by atoms with E-state index in [-0.39, 0.29) is 6.41 Å². The van der Waals surface area contributed by atoms with Crippen LogP contribution >= 0.6 is 7.44 Å². The summed E-state index contributed by atoms with van der Waals surface area (Å²) in [5.41, 5.74) is 2.15. The summed E-state index contributed by atoms with van der Waals surface area (Å²) in [6.07, 6.45) is 1.25. The molecule has 0 saturated carbocycles. The van der Waals surface area contributed by atoms with Crippen LogP contribution in [0, 0.1) is 0 Å². The molecule has 1 N–H and O–H groups in total. The Labute approximate surface area is 63.0 Å². The summed E-state index contributed by atoms with van der Waals surface area (Å²) in [6, 6.07) is 0. The largest absolute Gasteiger partial charge is 0.320 e. The minimum absolute atomic E-state index is 0.176. The Hall–Kier alpha value is -1.40. The number of rotatable bonds is 4. The quantitative estimate of drug-likeness (QED) is 0.221. The molecular formula is C5H5N2O3P. The lowest BCUT2D eigenvalue weighted by atomic mass is 11.0. The van der Waals surface area contributed by atoms with E-state index < -0.39 is 7.44 Å². The van der Waals surface area contributed by atoms with Crippen molar-refractivity contribution in [1.82, 2.24) is 5.09 Å². The van der Waals surface area contributed by atoms with Crippen molar-refractivity contribution >= 4 is 19.9 Å². The normalized spacial score (nSPS) is 13.1. The average molecular weight is 172 g/mol. The predicted octanol–water partition coefficient (Wildman–Crippen LogP) is 0.560. The Morgan fingerprint density at radius 2 is 2.27 bits per heavy atom. The summed E-state index contributed by atoms with van der Waals surface area (Å²) in [4.78, 5) is 19.5. The highest BCUT2D eigenvalue weighted by Gasteiger charge is 2.14. The molecule has 0 fully saturated rings. The Kier molecular flexibility index (Phi) is 3.86. The summed E-state index contributed by atoms with van der Waals surface area (Å²) in [5.74, 6) is 0.909. The second kappa shape index (κ2) is 4.42. The smallest absolute Gasteiger partial charge is 0.288 e. The van der Waals surface area contributed by atoms with E-state index in [9.17, 15) is 14.2 Å². The van der Waals surface area contributed by atoms with Gasteiger partial charge >= 0.3 is 7.44 Å². The lowest BCUT2D eigenvalue weighted by Crippen LogP contribution is -2.02. The van der Waals surface area contributed by atoms with Gasteiger partial charge in [-0.15, -0.1) is 10.5 Å². The standard InChI is InChI=1S/C5H5N2O3P/c1-2-3-11(10,6-4-8)7-5-9/h3-4H,1H2,(H,6,8,10). The third kappa shape index (κ3) is 3.33. The summed E-state index contributed by atoms with van der Waals surface area (Å²) >= 11 is 0. The first-order chi connectivity index (χ1) is 5.18. The molecule has 1 amide bonds. The molecule has 0 aromatic carbocycles. The maximum Gasteiger partial charge on any atom is 0.320 e. The highest BCUT2D eigenvalue weighted by atomic mass is 31.2. The molecule has 0 heterocycles. The van der Waals surface area contributed by atoms with E-state index in [2.05, 4.69) is 17.1 Å². The summed E-state index contributed by atoms with van der Waals surface area (Å²) < 4.78 is 14.0. The van der Waals surface area contributed by atoms with E-state index in [1.165, 1.54) is 0 Å². The SMILES string of the molecule is C=C=CP(=O)(N=C=O)NC=O. The van der Waals surface area contributed by atoms with Gasteiger partial charge in [-0.1, -0.05) is 6.58 Å². The second-order valence-electron chi connectivity index (χ2n) is 1.39. The van der Waals surface area contributed by atoms with Gasteiger partial charge in [-0.25, -0.2) is 4.79 Å². The zero-order valence-electron chi connectivity index (χ0n) is 5.48. The Morgan fingerprint density at radius 3 is 2.64 bits per heavy atom. The van der Waals surface area contributed by atoms with Gasteiger partial charge in [-0.2, -0.15) is 0 Å². The Bertz CT molecular complexity index is 264. The van der Waals surface area contributed by atoms with Gasteiger partial charge in [0.2, 0.25) is 12.5 Å². The molecule has 6 heteroatoms. The van der Waals surface area contributed by atoms with Gasteiger partial charge in [0.15, 0.2) is 0 Å². The van der Waals surface area contributed by atoms with Crippen molar-refractivity contribution in [2.45, 2.75) is 0 Å². The van der Waals surface area contributed by atoms with Crippen molar-refractivity contribution in [1.29, 1.82) is 0 Å². The highest BCUT2D eigenvalue weighted by Crippen LogP contribution is 2.42. The first-order valence-corrected chi connectivity index (χ1v) is 4.19. The van der Waals surface area contributed by atoms with Gasteiger partial charge in [-0.05, 0) is 0 Å². The minimum atomic E-state index is -3.43. The molecule has 0 radical (unpaired) electrons. The fraction of sp³-hybridized carbons (Fsp3) is 0. The van der Waals surface area contributed by atoms with Gasteiger partial charge in [0.1, 0.15) is 0 Å². The molecule has 58 valence electrons. The Balaban J connectivity index is 4.79. The summed E-state index contributed by atoms with van der Waals surface area (Å²) in [5, 5.41) is 1.85. The van der Waals surface area contributed by atoms with Crippen LogP contribution in [0.2, 0.25) is 0 Å². The zero-order chi connectivity index (χ0) is 8.74. The van der Waals surface area contributed by atoms with Gasteiger partial charge in [0, 0.05) is 0 Å². The Morgan fingerprint density at radius 1 is 1.64 bits per heavy atom. The molecule has 1 atom stereocenters. The molecule has 0 aliphatic rings. The molecule has 5 nitrogen and oxygen atoms in total. The summed E-state index contributed by atoms with van der Waals surface area (Å²) in [6.45, 7) is 3.11. The topological polar surface area (TPSA) is 75.6 Å².